The van der Waals surface area contributed by atoms with Crippen LogP contribution in [0.25, 0.3) is 0 Å². The quantitative estimate of drug-likeness (QED) is 0.468. The number of benzene rings is 2. The van der Waals surface area contributed by atoms with Crippen molar-refractivity contribution in [3.8, 4) is 11.5 Å². The Morgan fingerprint density at radius 2 is 1.73 bits per heavy atom. The topological polar surface area (TPSA) is 120 Å². The van der Waals surface area contributed by atoms with E-state index in [1.165, 1.54) is 38.5 Å². The summed E-state index contributed by atoms with van der Waals surface area (Å²) in [6.07, 6.45) is 0. The first-order chi connectivity index (χ1) is 12.3. The molecule has 2 rings (SSSR count). The molecule has 0 atom stereocenters. The summed E-state index contributed by atoms with van der Waals surface area (Å²) in [6.45, 7) is 0. The summed E-state index contributed by atoms with van der Waals surface area (Å²) in [7, 11) is 2.88. The fraction of sp³-hybridized carbons (Fsp3) is 0.125. The van der Waals surface area contributed by atoms with E-state index in [0.29, 0.717) is 11.5 Å². The maximum Gasteiger partial charge on any atom is 0.314 e. The third-order valence-corrected chi connectivity index (χ3v) is 3.58. The number of carbonyl (C=O) groups excluding carboxylic acids is 2. The SMILES string of the molecule is COc1ccc(NC(=O)C(=O)Nc2ccc(Cl)c([N+](=O)[O-])c2)c(OC)c1. The molecule has 0 saturated carbocycles. The molecule has 2 aromatic rings. The second-order valence-corrected chi connectivity index (χ2v) is 5.30. The Kier molecular flexibility index (Phi) is 5.97. The third-order valence-electron chi connectivity index (χ3n) is 3.26. The average Bonchev–Trinajstić information content (AvgIpc) is 2.63. The van der Waals surface area contributed by atoms with Crippen LogP contribution in [0.1, 0.15) is 0 Å². The van der Waals surface area contributed by atoms with Gasteiger partial charge < -0.3 is 20.1 Å². The van der Waals surface area contributed by atoms with Gasteiger partial charge in [0.1, 0.15) is 16.5 Å². The van der Waals surface area contributed by atoms with E-state index in [0.717, 1.165) is 6.07 Å². The molecule has 2 amide bonds. The Morgan fingerprint density at radius 3 is 2.35 bits per heavy atom. The molecule has 0 heterocycles. The lowest BCUT2D eigenvalue weighted by molar-refractivity contribution is -0.384. The fourth-order valence-corrected chi connectivity index (χ4v) is 2.19. The van der Waals surface area contributed by atoms with Crippen LogP contribution in [0.5, 0.6) is 11.5 Å². The summed E-state index contributed by atoms with van der Waals surface area (Å²) in [5.41, 5.74) is -0.0693. The standard InChI is InChI=1S/C16H14ClN3O6/c1-25-10-4-6-12(14(8-10)26-2)19-16(22)15(21)18-9-3-5-11(17)13(7-9)20(23)24/h3-8H,1-2H3,(H,18,21)(H,19,22). The van der Waals surface area contributed by atoms with E-state index in [9.17, 15) is 19.7 Å². The Morgan fingerprint density at radius 1 is 1.04 bits per heavy atom. The summed E-state index contributed by atoms with van der Waals surface area (Å²) < 4.78 is 10.2. The van der Waals surface area contributed by atoms with Crippen LogP contribution in [-0.4, -0.2) is 31.0 Å². The van der Waals surface area contributed by atoms with Crippen LogP contribution in [0.3, 0.4) is 0 Å². The molecule has 0 bridgehead atoms. The fourth-order valence-electron chi connectivity index (χ4n) is 2.00. The van der Waals surface area contributed by atoms with Crippen molar-refractivity contribution in [1.82, 2.24) is 0 Å². The van der Waals surface area contributed by atoms with Gasteiger partial charge in [0.05, 0.1) is 24.8 Å². The Bertz CT molecular complexity index is 871. The van der Waals surface area contributed by atoms with Crippen molar-refractivity contribution in [2.24, 2.45) is 0 Å². The molecule has 9 nitrogen and oxygen atoms in total. The van der Waals surface area contributed by atoms with Crippen molar-refractivity contribution in [2.75, 3.05) is 24.9 Å². The number of nitrogens with zero attached hydrogens (tertiary/aromatic N) is 1. The minimum absolute atomic E-state index is 0.0583. The number of nitrogens with one attached hydrogen (secondary N) is 2. The number of halogens is 1. The first-order valence-corrected chi connectivity index (χ1v) is 7.51. The number of hydrogen-bond donors (Lipinski definition) is 2. The highest BCUT2D eigenvalue weighted by atomic mass is 35.5. The van der Waals surface area contributed by atoms with E-state index in [4.69, 9.17) is 21.1 Å². The van der Waals surface area contributed by atoms with E-state index in [2.05, 4.69) is 10.6 Å². The van der Waals surface area contributed by atoms with Crippen molar-refractivity contribution >= 4 is 40.5 Å². The van der Waals surface area contributed by atoms with Crippen LogP contribution in [0.2, 0.25) is 5.02 Å². The lowest BCUT2D eigenvalue weighted by Gasteiger charge is -2.11. The lowest BCUT2D eigenvalue weighted by Crippen LogP contribution is -2.29. The Labute approximate surface area is 153 Å². The highest BCUT2D eigenvalue weighted by Crippen LogP contribution is 2.29. The van der Waals surface area contributed by atoms with Gasteiger partial charge in [-0.15, -0.1) is 0 Å². The van der Waals surface area contributed by atoms with Gasteiger partial charge in [0.15, 0.2) is 0 Å². The molecular formula is C16H14ClN3O6. The summed E-state index contributed by atoms with van der Waals surface area (Å²) in [6, 6.07) is 8.28. The molecule has 0 aromatic heterocycles. The molecule has 0 radical (unpaired) electrons. The van der Waals surface area contributed by atoms with Crippen LogP contribution in [0, 0.1) is 10.1 Å². The number of amides is 2. The number of rotatable bonds is 5. The lowest BCUT2D eigenvalue weighted by atomic mass is 10.2. The van der Waals surface area contributed by atoms with E-state index in [1.54, 1.807) is 6.07 Å². The first-order valence-electron chi connectivity index (χ1n) is 7.14. The monoisotopic (exact) mass is 379 g/mol. The summed E-state index contributed by atoms with van der Waals surface area (Å²) in [5.74, 6) is -1.18. The Balaban J connectivity index is 2.12. The van der Waals surface area contributed by atoms with E-state index >= 15 is 0 Å². The Hall–Kier alpha value is -3.33. The summed E-state index contributed by atoms with van der Waals surface area (Å²) >= 11 is 5.70. The number of nitro groups is 1. The number of ether oxygens (including phenoxy) is 2. The molecule has 0 unspecified atom stereocenters. The van der Waals surface area contributed by atoms with Gasteiger partial charge >= 0.3 is 11.8 Å². The first kappa shape index (κ1) is 19.0. The van der Waals surface area contributed by atoms with Crippen LogP contribution >= 0.6 is 11.6 Å². The number of hydrogen-bond acceptors (Lipinski definition) is 6. The zero-order valence-corrected chi connectivity index (χ0v) is 14.5. The van der Waals surface area contributed by atoms with Gasteiger partial charge in [-0.05, 0) is 24.3 Å². The number of nitro benzene ring substituents is 1. The molecule has 0 fully saturated rings. The average molecular weight is 380 g/mol. The third kappa shape index (κ3) is 4.39. The summed E-state index contributed by atoms with van der Waals surface area (Å²) in [5, 5.41) is 15.4. The van der Waals surface area contributed by atoms with Gasteiger partial charge in [0.2, 0.25) is 0 Å². The van der Waals surface area contributed by atoms with Crippen molar-refractivity contribution in [1.29, 1.82) is 0 Å². The number of anilines is 2. The predicted molar refractivity (Wildman–Crippen MR) is 94.9 cm³/mol. The largest absolute Gasteiger partial charge is 0.497 e. The predicted octanol–water partition coefficient (Wildman–Crippen LogP) is 2.84. The van der Waals surface area contributed by atoms with E-state index in [1.807, 2.05) is 0 Å². The molecule has 2 N–H and O–H groups in total. The van der Waals surface area contributed by atoms with Gasteiger partial charge in [0.25, 0.3) is 5.69 Å². The van der Waals surface area contributed by atoms with Gasteiger partial charge in [-0.25, -0.2) is 0 Å². The van der Waals surface area contributed by atoms with E-state index < -0.39 is 16.7 Å². The van der Waals surface area contributed by atoms with Gasteiger partial charge in [-0.1, -0.05) is 11.6 Å². The van der Waals surface area contributed by atoms with Crippen LogP contribution in [-0.2, 0) is 9.59 Å². The molecule has 26 heavy (non-hydrogen) atoms. The van der Waals surface area contributed by atoms with Crippen LogP contribution in [0.15, 0.2) is 36.4 Å². The van der Waals surface area contributed by atoms with Crippen LogP contribution < -0.4 is 20.1 Å². The molecule has 2 aromatic carbocycles. The zero-order valence-electron chi connectivity index (χ0n) is 13.7. The van der Waals surface area contributed by atoms with Gasteiger partial charge in [-0.2, -0.15) is 0 Å². The van der Waals surface area contributed by atoms with Crippen LogP contribution in [0.4, 0.5) is 17.1 Å². The normalized spacial score (nSPS) is 9.96. The van der Waals surface area contributed by atoms with E-state index in [-0.39, 0.29) is 22.1 Å². The molecule has 0 aliphatic carbocycles. The minimum atomic E-state index is -1.01. The molecular weight excluding hydrogens is 366 g/mol. The molecule has 0 saturated heterocycles. The second kappa shape index (κ2) is 8.17. The smallest absolute Gasteiger partial charge is 0.314 e. The number of carbonyl (C=O) groups is 2. The highest BCUT2D eigenvalue weighted by Gasteiger charge is 2.19. The van der Waals surface area contributed by atoms with Crippen molar-refractivity contribution in [2.45, 2.75) is 0 Å². The second-order valence-electron chi connectivity index (χ2n) is 4.90. The summed E-state index contributed by atoms with van der Waals surface area (Å²) in [4.78, 5) is 34.2. The van der Waals surface area contributed by atoms with Gasteiger partial charge in [-0.3, -0.25) is 19.7 Å². The van der Waals surface area contributed by atoms with Crippen molar-refractivity contribution in [3.63, 3.8) is 0 Å². The molecule has 10 heteroatoms. The van der Waals surface area contributed by atoms with Crippen molar-refractivity contribution in [3.05, 3.63) is 51.5 Å². The maximum absolute atomic E-state index is 12.1. The molecule has 0 spiro atoms. The number of methoxy groups -OCH3 is 2. The van der Waals surface area contributed by atoms with Crippen molar-refractivity contribution < 1.29 is 24.0 Å². The zero-order chi connectivity index (χ0) is 19.3. The maximum atomic E-state index is 12.1. The molecule has 0 aliphatic rings. The highest BCUT2D eigenvalue weighted by molar-refractivity contribution is 6.43. The van der Waals surface area contributed by atoms with Gasteiger partial charge in [0, 0.05) is 17.8 Å². The minimum Gasteiger partial charge on any atom is -0.497 e. The molecule has 0 aliphatic heterocycles. The molecule has 136 valence electrons.